The molecule has 1 unspecified atom stereocenters. The Morgan fingerprint density at radius 1 is 1.16 bits per heavy atom. The third-order valence-electron chi connectivity index (χ3n) is 6.30. The van der Waals surface area contributed by atoms with Crippen molar-refractivity contribution in [3.63, 3.8) is 0 Å². The predicted octanol–water partition coefficient (Wildman–Crippen LogP) is 5.99. The molecule has 246 valence electrons. The number of alkyl halides is 6. The van der Waals surface area contributed by atoms with Crippen molar-refractivity contribution in [1.82, 2.24) is 4.98 Å². The summed E-state index contributed by atoms with van der Waals surface area (Å²) >= 11 is 0.592. The number of carbonyl (C=O) groups excluding carboxylic acids is 1. The summed E-state index contributed by atoms with van der Waals surface area (Å²) in [6.07, 6.45) is -12.4. The van der Waals surface area contributed by atoms with Crippen molar-refractivity contribution < 1.29 is 63.7 Å². The van der Waals surface area contributed by atoms with Gasteiger partial charge in [0.05, 0.1) is 22.7 Å². The van der Waals surface area contributed by atoms with E-state index in [1.165, 1.54) is 26.0 Å². The zero-order valence-electron chi connectivity index (χ0n) is 23.9. The summed E-state index contributed by atoms with van der Waals surface area (Å²) < 4.78 is 122. The van der Waals surface area contributed by atoms with Crippen molar-refractivity contribution in [2.24, 2.45) is 5.41 Å². The number of carboxylic acid groups (broad SMARTS) is 1. The number of anilines is 2. The molecule has 0 fully saturated rings. The molecule has 0 saturated heterocycles. The Balaban J connectivity index is 2.07. The van der Waals surface area contributed by atoms with E-state index in [1.807, 2.05) is 0 Å². The number of amides is 1. The number of benzene rings is 1. The molecule has 2 heterocycles. The van der Waals surface area contributed by atoms with Crippen LogP contribution in [0.2, 0.25) is 0 Å². The predicted molar refractivity (Wildman–Crippen MR) is 145 cm³/mol. The molecule has 1 aliphatic rings. The second kappa shape index (κ2) is 12.1. The Morgan fingerprint density at radius 2 is 1.80 bits per heavy atom. The smallest absolute Gasteiger partial charge is 0.427 e. The highest BCUT2D eigenvalue weighted by Gasteiger charge is 2.51. The molecular weight excluding hydrogens is 648 g/mol. The van der Waals surface area contributed by atoms with E-state index in [-0.39, 0.29) is 35.0 Å². The quantitative estimate of drug-likeness (QED) is 0.290. The number of hydrogen-bond donors (Lipinski definition) is 2. The number of thiazole rings is 1. The summed E-state index contributed by atoms with van der Waals surface area (Å²) in [5.74, 6) is -1.35. The minimum Gasteiger partial charge on any atom is -0.486 e. The van der Waals surface area contributed by atoms with Gasteiger partial charge in [0.2, 0.25) is 15.7 Å². The lowest BCUT2D eigenvalue weighted by Gasteiger charge is -2.37. The third-order valence-corrected chi connectivity index (χ3v) is 9.23. The zero-order valence-corrected chi connectivity index (χ0v) is 25.6. The molecular formula is C25H29F6N3O8S2. The van der Waals surface area contributed by atoms with Gasteiger partial charge in [0.25, 0.3) is 10.0 Å². The molecule has 44 heavy (non-hydrogen) atoms. The molecule has 0 aliphatic carbocycles. The number of rotatable bonds is 10. The van der Waals surface area contributed by atoms with Crippen molar-refractivity contribution in [2.45, 2.75) is 76.5 Å². The van der Waals surface area contributed by atoms with E-state index in [0.29, 0.717) is 29.5 Å². The summed E-state index contributed by atoms with van der Waals surface area (Å²) in [6.45, 7) is 3.25. The fraction of sp³-hybridized carbons (Fsp3) is 0.560. The first kappa shape index (κ1) is 35.0. The van der Waals surface area contributed by atoms with Crippen LogP contribution in [0.1, 0.15) is 46.0 Å². The average molecular weight is 678 g/mol. The van der Waals surface area contributed by atoms with Gasteiger partial charge < -0.3 is 19.3 Å². The fourth-order valence-corrected chi connectivity index (χ4v) is 6.52. The van der Waals surface area contributed by atoms with Crippen molar-refractivity contribution in [3.05, 3.63) is 23.2 Å². The molecule has 0 spiro atoms. The number of nitrogens with one attached hydrogen (secondary N) is 1. The summed E-state index contributed by atoms with van der Waals surface area (Å²) in [4.78, 5) is 28.0. The Morgan fingerprint density at radius 3 is 2.34 bits per heavy atom. The molecule has 1 aromatic carbocycles. The average Bonchev–Trinajstić information content (AvgIpc) is 3.30. The molecule has 2 aromatic rings. The van der Waals surface area contributed by atoms with Gasteiger partial charge in [0.15, 0.2) is 6.61 Å². The molecule has 0 saturated carbocycles. The van der Waals surface area contributed by atoms with E-state index in [0.717, 1.165) is 6.07 Å². The van der Waals surface area contributed by atoms with Crippen LogP contribution in [0.15, 0.2) is 23.2 Å². The zero-order chi connectivity index (χ0) is 33.5. The fourth-order valence-electron chi connectivity index (χ4n) is 3.80. The van der Waals surface area contributed by atoms with Crippen LogP contribution in [0, 0.1) is 5.41 Å². The number of nitrogens with zero attached hydrogens (tertiary/aromatic N) is 2. The summed E-state index contributed by atoms with van der Waals surface area (Å²) in [5.41, 5.74) is -4.76. The second-order valence-corrected chi connectivity index (χ2v) is 13.7. The van der Waals surface area contributed by atoms with Gasteiger partial charge in [-0.05, 0) is 52.3 Å². The number of halogens is 6. The van der Waals surface area contributed by atoms with Crippen LogP contribution in [0.25, 0.3) is 0 Å². The lowest BCUT2D eigenvalue weighted by Crippen LogP contribution is -2.46. The van der Waals surface area contributed by atoms with Gasteiger partial charge in [-0.2, -0.15) is 34.8 Å². The topological polar surface area (TPSA) is 144 Å². The first-order valence-electron chi connectivity index (χ1n) is 12.8. The number of carboxylic acids is 1. The van der Waals surface area contributed by atoms with Crippen molar-refractivity contribution in [2.75, 3.05) is 22.8 Å². The lowest BCUT2D eigenvalue weighted by molar-refractivity contribution is -0.242. The largest absolute Gasteiger partial charge is 0.486 e. The molecule has 2 N–H and O–H groups in total. The van der Waals surface area contributed by atoms with Crippen LogP contribution in [-0.2, 0) is 26.0 Å². The van der Waals surface area contributed by atoms with Crippen LogP contribution in [0.4, 0.5) is 42.5 Å². The van der Waals surface area contributed by atoms with Crippen LogP contribution >= 0.6 is 11.3 Å². The van der Waals surface area contributed by atoms with E-state index in [2.05, 4.69) is 15.0 Å². The van der Waals surface area contributed by atoms with Gasteiger partial charge in [-0.15, -0.1) is 0 Å². The normalized spacial score (nSPS) is 16.2. The highest BCUT2D eigenvalue weighted by molar-refractivity contribution is 7.93. The maximum Gasteiger partial charge on any atom is 0.427 e. The standard InChI is InChI=1S/C25H29F6N3O8S2/c1-6-17-33-18(19(43-17)40-12-24(26,27)28)44(38,39)34-11-14(10-22(2,3)20(35)36)41-16-8-7-13(9-15(16)34)32-21(37)42-23(4,5)25(29,30)31/h7-9,14H,6,10-12H2,1-5H3,(H,32,37)(H,35,36). The van der Waals surface area contributed by atoms with E-state index < -0.39 is 74.8 Å². The molecule has 1 atom stereocenters. The SMILES string of the molecule is CCc1nc(S(=O)(=O)N2CC(CC(C)(C)C(=O)O)Oc3ccc(NC(=O)OC(C)(C)C(F)(F)F)cc32)c(OCC(F)(F)F)s1. The summed E-state index contributed by atoms with van der Waals surface area (Å²) in [7, 11) is -4.85. The molecule has 3 rings (SSSR count). The molecule has 11 nitrogen and oxygen atoms in total. The van der Waals surface area contributed by atoms with E-state index in [4.69, 9.17) is 9.47 Å². The van der Waals surface area contributed by atoms with Crippen LogP contribution in [-0.4, -0.2) is 67.8 Å². The minimum atomic E-state index is -4.91. The summed E-state index contributed by atoms with van der Waals surface area (Å²) in [5, 5.41) is 10.3. The second-order valence-electron chi connectivity index (χ2n) is 10.8. The number of aliphatic carboxylic acids is 1. The number of aromatic nitrogens is 1. The number of sulfonamides is 1. The van der Waals surface area contributed by atoms with E-state index in [1.54, 1.807) is 6.92 Å². The molecule has 0 radical (unpaired) electrons. The van der Waals surface area contributed by atoms with Crippen LogP contribution in [0.5, 0.6) is 10.8 Å². The van der Waals surface area contributed by atoms with Crippen molar-refractivity contribution in [1.29, 1.82) is 0 Å². The monoisotopic (exact) mass is 677 g/mol. The minimum absolute atomic E-state index is 0.135. The van der Waals surface area contributed by atoms with Crippen molar-refractivity contribution >= 4 is 44.8 Å². The Labute approximate surface area is 252 Å². The third kappa shape index (κ3) is 7.96. The molecule has 1 amide bonds. The van der Waals surface area contributed by atoms with Gasteiger partial charge >= 0.3 is 24.4 Å². The lowest BCUT2D eigenvalue weighted by atomic mass is 9.86. The molecule has 1 aromatic heterocycles. The molecule has 0 bridgehead atoms. The Kier molecular flexibility index (Phi) is 9.65. The Hall–Kier alpha value is -3.48. The van der Waals surface area contributed by atoms with Crippen molar-refractivity contribution in [3.8, 4) is 10.8 Å². The van der Waals surface area contributed by atoms with Crippen LogP contribution < -0.4 is 19.1 Å². The number of fused-ring (bicyclic) bond motifs is 1. The first-order valence-corrected chi connectivity index (χ1v) is 15.1. The number of hydrogen-bond acceptors (Lipinski definition) is 9. The number of aryl methyl sites for hydroxylation is 1. The molecule has 19 heteroatoms. The van der Waals surface area contributed by atoms with E-state index in [9.17, 15) is 49.5 Å². The maximum absolute atomic E-state index is 14.0. The van der Waals surface area contributed by atoms with Gasteiger partial charge in [0, 0.05) is 12.1 Å². The number of carbonyl (C=O) groups is 2. The van der Waals surface area contributed by atoms with Gasteiger partial charge in [-0.1, -0.05) is 18.3 Å². The highest BCUT2D eigenvalue weighted by atomic mass is 32.2. The highest BCUT2D eigenvalue weighted by Crippen LogP contribution is 2.43. The number of ether oxygens (including phenoxy) is 3. The molecule has 1 aliphatic heterocycles. The van der Waals surface area contributed by atoms with Gasteiger partial charge in [-0.25, -0.2) is 9.78 Å². The van der Waals surface area contributed by atoms with Gasteiger partial charge in [0.1, 0.15) is 11.9 Å². The maximum atomic E-state index is 14.0. The van der Waals surface area contributed by atoms with E-state index >= 15 is 0 Å². The Bertz CT molecular complexity index is 1510. The van der Waals surface area contributed by atoms with Gasteiger partial charge in [-0.3, -0.25) is 14.4 Å². The first-order chi connectivity index (χ1) is 20.0. The summed E-state index contributed by atoms with van der Waals surface area (Å²) in [6, 6.07) is 3.39. The van der Waals surface area contributed by atoms with Crippen LogP contribution in [0.3, 0.4) is 0 Å².